The Morgan fingerprint density at radius 1 is 1.32 bits per heavy atom. The number of carbonyl (C=O) groups is 1. The van der Waals surface area contributed by atoms with Gasteiger partial charge in [-0.2, -0.15) is 0 Å². The Hall–Kier alpha value is -0.820. The molecule has 0 saturated carbocycles. The molecule has 2 N–H and O–H groups in total. The van der Waals surface area contributed by atoms with Crippen LogP contribution in [-0.4, -0.2) is 26.1 Å². The Morgan fingerprint density at radius 2 is 1.95 bits per heavy atom. The smallest absolute Gasteiger partial charge is 0.228 e. The van der Waals surface area contributed by atoms with Crippen LogP contribution in [-0.2, 0) is 14.8 Å². The molecule has 1 saturated heterocycles. The van der Waals surface area contributed by atoms with Crippen molar-refractivity contribution in [2.75, 3.05) is 11.4 Å². The summed E-state index contributed by atoms with van der Waals surface area (Å²) in [5, 5.41) is 4.97. The van der Waals surface area contributed by atoms with E-state index in [4.69, 9.17) is 28.3 Å². The van der Waals surface area contributed by atoms with E-state index in [1.807, 2.05) is 0 Å². The second-order valence-corrected chi connectivity index (χ2v) is 7.13. The van der Waals surface area contributed by atoms with Gasteiger partial charge in [0.1, 0.15) is 5.25 Å². The lowest BCUT2D eigenvalue weighted by atomic mass is 10.2. The van der Waals surface area contributed by atoms with E-state index in [9.17, 15) is 13.2 Å². The third-order valence-corrected chi connectivity index (χ3v) is 5.03. The van der Waals surface area contributed by atoms with Crippen molar-refractivity contribution in [3.63, 3.8) is 0 Å². The summed E-state index contributed by atoms with van der Waals surface area (Å²) >= 11 is 12.0. The number of carbonyl (C=O) groups excluding carboxylic acids is 1. The normalized spacial score (nSPS) is 20.1. The van der Waals surface area contributed by atoms with E-state index >= 15 is 0 Å². The average molecular weight is 323 g/mol. The highest BCUT2D eigenvalue weighted by Crippen LogP contribution is 2.34. The van der Waals surface area contributed by atoms with E-state index in [0.717, 1.165) is 5.56 Å². The van der Waals surface area contributed by atoms with E-state index in [2.05, 4.69) is 0 Å². The fourth-order valence-corrected chi connectivity index (χ4v) is 3.19. The highest BCUT2D eigenvalue weighted by atomic mass is 35.5. The molecule has 0 radical (unpaired) electrons. The van der Waals surface area contributed by atoms with Crippen molar-refractivity contribution in [3.05, 3.63) is 27.7 Å². The first-order chi connectivity index (χ1) is 8.70. The summed E-state index contributed by atoms with van der Waals surface area (Å²) in [7, 11) is -3.74. The molecular formula is C11H12Cl2N2O3S. The number of halogens is 2. The minimum atomic E-state index is -3.74. The molecule has 1 aliphatic rings. The molecule has 5 nitrogen and oxygen atoms in total. The lowest BCUT2D eigenvalue weighted by molar-refractivity contribution is -0.117. The zero-order valence-electron chi connectivity index (χ0n) is 10.1. The molecular weight excluding hydrogens is 311 g/mol. The molecule has 0 aromatic heterocycles. The van der Waals surface area contributed by atoms with Crippen LogP contribution in [0.2, 0.25) is 10.0 Å². The molecule has 1 aromatic rings. The number of nitrogens with two attached hydrogens (primary N) is 1. The number of nitrogens with zero attached hydrogens (tertiary/aromatic N) is 1. The number of sulfonamides is 1. The third kappa shape index (κ3) is 2.86. The lowest BCUT2D eigenvalue weighted by Crippen LogP contribution is -2.32. The molecule has 1 heterocycles. The molecule has 0 spiro atoms. The van der Waals surface area contributed by atoms with Gasteiger partial charge in [0.25, 0.3) is 0 Å². The van der Waals surface area contributed by atoms with Crippen LogP contribution in [0.1, 0.15) is 12.0 Å². The summed E-state index contributed by atoms with van der Waals surface area (Å²) in [4.78, 5) is 13.2. The summed E-state index contributed by atoms with van der Waals surface area (Å²) in [6.45, 7) is 1.79. The minimum Gasteiger partial charge on any atom is -0.310 e. The number of aryl methyl sites for hydroxylation is 1. The number of hydrogen-bond donors (Lipinski definition) is 1. The molecule has 1 amide bonds. The molecule has 1 atom stereocenters. The number of benzene rings is 1. The predicted molar refractivity (Wildman–Crippen MR) is 75.1 cm³/mol. The molecule has 1 unspecified atom stereocenters. The van der Waals surface area contributed by atoms with E-state index in [0.29, 0.717) is 15.7 Å². The number of primary sulfonamides is 1. The Bertz CT molecular complexity index is 646. The molecule has 0 aliphatic carbocycles. The van der Waals surface area contributed by atoms with E-state index in [1.54, 1.807) is 13.0 Å². The summed E-state index contributed by atoms with van der Waals surface area (Å²) in [6, 6.07) is 3.19. The van der Waals surface area contributed by atoms with E-state index in [1.165, 1.54) is 11.0 Å². The zero-order valence-corrected chi connectivity index (χ0v) is 12.4. The van der Waals surface area contributed by atoms with E-state index in [-0.39, 0.29) is 18.9 Å². The predicted octanol–water partition coefficient (Wildman–Crippen LogP) is 1.70. The molecule has 104 valence electrons. The van der Waals surface area contributed by atoms with Crippen LogP contribution < -0.4 is 10.0 Å². The van der Waals surface area contributed by atoms with Gasteiger partial charge in [-0.05, 0) is 24.6 Å². The summed E-state index contributed by atoms with van der Waals surface area (Å²) in [6.07, 6.45) is -0.128. The maximum absolute atomic E-state index is 11.9. The largest absolute Gasteiger partial charge is 0.310 e. The van der Waals surface area contributed by atoms with Gasteiger partial charge in [-0.1, -0.05) is 23.2 Å². The second-order valence-electron chi connectivity index (χ2n) is 4.47. The van der Waals surface area contributed by atoms with Crippen LogP contribution in [0.15, 0.2) is 12.1 Å². The van der Waals surface area contributed by atoms with Crippen molar-refractivity contribution in [2.24, 2.45) is 5.14 Å². The van der Waals surface area contributed by atoms with Gasteiger partial charge >= 0.3 is 0 Å². The summed E-state index contributed by atoms with van der Waals surface area (Å²) in [5.74, 6) is -0.317. The van der Waals surface area contributed by atoms with Crippen LogP contribution in [0.5, 0.6) is 0 Å². The number of anilines is 1. The molecule has 0 bridgehead atoms. The number of hydrogen-bond acceptors (Lipinski definition) is 3. The first-order valence-corrected chi connectivity index (χ1v) is 7.84. The van der Waals surface area contributed by atoms with Gasteiger partial charge in [0.2, 0.25) is 15.9 Å². The number of rotatable bonds is 2. The van der Waals surface area contributed by atoms with Gasteiger partial charge in [-0.25, -0.2) is 13.6 Å². The zero-order chi connectivity index (χ0) is 14.4. The lowest BCUT2D eigenvalue weighted by Gasteiger charge is -2.19. The maximum Gasteiger partial charge on any atom is 0.228 e. The maximum atomic E-state index is 11.9. The van der Waals surface area contributed by atoms with Crippen molar-refractivity contribution < 1.29 is 13.2 Å². The highest BCUT2D eigenvalue weighted by molar-refractivity contribution is 7.89. The molecule has 1 fully saturated rings. The Labute approximate surface area is 121 Å². The first-order valence-electron chi connectivity index (χ1n) is 5.48. The SMILES string of the molecule is Cc1cc(N2CC(S(N)(=O)=O)CC2=O)c(Cl)cc1Cl. The van der Waals surface area contributed by atoms with Crippen molar-refractivity contribution in [3.8, 4) is 0 Å². The van der Waals surface area contributed by atoms with Crippen LogP contribution in [0, 0.1) is 6.92 Å². The molecule has 19 heavy (non-hydrogen) atoms. The van der Waals surface area contributed by atoms with E-state index < -0.39 is 15.3 Å². The first kappa shape index (κ1) is 14.6. The highest BCUT2D eigenvalue weighted by Gasteiger charge is 2.37. The second kappa shape index (κ2) is 4.94. The Kier molecular flexibility index (Phi) is 3.79. The fraction of sp³-hybridized carbons (Fsp3) is 0.364. The van der Waals surface area contributed by atoms with Gasteiger partial charge in [-0.3, -0.25) is 4.79 Å². The minimum absolute atomic E-state index is 0.0124. The van der Waals surface area contributed by atoms with Crippen molar-refractivity contribution in [1.82, 2.24) is 0 Å². The van der Waals surface area contributed by atoms with Gasteiger partial charge in [0.15, 0.2) is 0 Å². The fourth-order valence-electron chi connectivity index (χ4n) is 1.98. The van der Waals surface area contributed by atoms with Gasteiger partial charge < -0.3 is 4.90 Å². The standard InChI is InChI=1S/C11H12Cl2N2O3S/c1-6-2-10(9(13)4-8(6)12)15-5-7(3-11(15)16)19(14,17)18/h2,4,7H,3,5H2,1H3,(H2,14,17,18). The van der Waals surface area contributed by atoms with Crippen molar-refractivity contribution in [2.45, 2.75) is 18.6 Å². The molecule has 8 heteroatoms. The summed E-state index contributed by atoms with van der Waals surface area (Å²) < 4.78 is 22.6. The quantitative estimate of drug-likeness (QED) is 0.899. The number of amides is 1. The summed E-state index contributed by atoms with van der Waals surface area (Å²) in [5.41, 5.74) is 1.22. The van der Waals surface area contributed by atoms with Crippen molar-refractivity contribution in [1.29, 1.82) is 0 Å². The molecule has 2 rings (SSSR count). The average Bonchev–Trinajstić information content (AvgIpc) is 2.65. The topological polar surface area (TPSA) is 80.5 Å². The van der Waals surface area contributed by atoms with Gasteiger partial charge in [-0.15, -0.1) is 0 Å². The monoisotopic (exact) mass is 322 g/mol. The Morgan fingerprint density at radius 3 is 2.47 bits per heavy atom. The van der Waals surface area contributed by atoms with Crippen molar-refractivity contribution >= 4 is 44.8 Å². The van der Waals surface area contributed by atoms with Crippen LogP contribution >= 0.6 is 23.2 Å². The Balaban J connectivity index is 2.39. The third-order valence-electron chi connectivity index (χ3n) is 3.07. The van der Waals surface area contributed by atoms with Crippen LogP contribution in [0.25, 0.3) is 0 Å². The van der Waals surface area contributed by atoms with Crippen LogP contribution in [0.4, 0.5) is 5.69 Å². The van der Waals surface area contributed by atoms with Gasteiger partial charge in [0.05, 0.1) is 10.7 Å². The molecule has 1 aromatic carbocycles. The van der Waals surface area contributed by atoms with Gasteiger partial charge in [0, 0.05) is 18.0 Å². The van der Waals surface area contributed by atoms with Crippen LogP contribution in [0.3, 0.4) is 0 Å². The molecule has 1 aliphatic heterocycles.